The molecule has 202 valence electrons. The first-order chi connectivity index (χ1) is 17.6. The van der Waals surface area contributed by atoms with Crippen LogP contribution in [0.25, 0.3) is 0 Å². The van der Waals surface area contributed by atoms with Gasteiger partial charge in [-0.15, -0.1) is 0 Å². The van der Waals surface area contributed by atoms with E-state index in [-0.39, 0.29) is 30.3 Å². The molecule has 0 spiro atoms. The molecule has 2 fully saturated rings. The quantitative estimate of drug-likeness (QED) is 0.537. The molecule has 0 atom stereocenters. The monoisotopic (exact) mass is 541 g/mol. The highest BCUT2D eigenvalue weighted by molar-refractivity contribution is 7.89. The van der Waals surface area contributed by atoms with E-state index in [1.54, 1.807) is 23.1 Å². The first-order valence-electron chi connectivity index (χ1n) is 12.0. The Labute approximate surface area is 214 Å². The van der Waals surface area contributed by atoms with Crippen LogP contribution in [0.4, 0.5) is 18.9 Å². The second kappa shape index (κ2) is 11.3. The number of halogens is 3. The van der Waals surface area contributed by atoms with E-state index in [0.29, 0.717) is 62.8 Å². The van der Waals surface area contributed by atoms with Gasteiger partial charge in [-0.25, -0.2) is 8.42 Å². The molecule has 0 unspecified atom stereocenters. The van der Waals surface area contributed by atoms with Crippen LogP contribution in [0.3, 0.4) is 0 Å². The Balaban J connectivity index is 1.37. The third-order valence-corrected chi connectivity index (χ3v) is 8.53. The van der Waals surface area contributed by atoms with Gasteiger partial charge in [0.1, 0.15) is 5.75 Å². The number of piperazine rings is 1. The molecule has 2 aliphatic heterocycles. The molecule has 1 amide bonds. The van der Waals surface area contributed by atoms with Crippen molar-refractivity contribution in [3.05, 3.63) is 53.6 Å². The SMILES string of the molecule is COc1ccc(S(=O)(=O)N2CCOCC2)cc1CCC(=O)N1CCN(c2cccc(C(F)(F)F)c2)CC1. The van der Waals surface area contributed by atoms with E-state index in [0.717, 1.165) is 12.1 Å². The summed E-state index contributed by atoms with van der Waals surface area (Å²) >= 11 is 0. The smallest absolute Gasteiger partial charge is 0.416 e. The lowest BCUT2D eigenvalue weighted by Gasteiger charge is -2.36. The number of aryl methyl sites for hydroxylation is 1. The highest BCUT2D eigenvalue weighted by Crippen LogP contribution is 2.32. The zero-order valence-corrected chi connectivity index (χ0v) is 21.4. The third kappa shape index (κ3) is 6.36. The van der Waals surface area contributed by atoms with Gasteiger partial charge in [0.15, 0.2) is 0 Å². The van der Waals surface area contributed by atoms with Crippen molar-refractivity contribution >= 4 is 21.6 Å². The van der Waals surface area contributed by atoms with Crippen LogP contribution in [0, 0.1) is 0 Å². The highest BCUT2D eigenvalue weighted by atomic mass is 32.2. The highest BCUT2D eigenvalue weighted by Gasteiger charge is 2.31. The lowest BCUT2D eigenvalue weighted by Crippen LogP contribution is -2.48. The van der Waals surface area contributed by atoms with Crippen molar-refractivity contribution in [2.75, 3.05) is 64.5 Å². The molecule has 8 nitrogen and oxygen atoms in total. The molecule has 2 aromatic rings. The summed E-state index contributed by atoms with van der Waals surface area (Å²) in [7, 11) is -2.20. The van der Waals surface area contributed by atoms with Crippen molar-refractivity contribution in [2.24, 2.45) is 0 Å². The Bertz CT molecular complexity index is 1210. The molecule has 0 N–H and O–H groups in total. The van der Waals surface area contributed by atoms with Gasteiger partial charge >= 0.3 is 6.18 Å². The number of benzene rings is 2. The molecule has 0 bridgehead atoms. The van der Waals surface area contributed by atoms with Gasteiger partial charge in [-0.05, 0) is 48.4 Å². The van der Waals surface area contributed by atoms with Crippen LogP contribution in [0.15, 0.2) is 47.4 Å². The number of amides is 1. The van der Waals surface area contributed by atoms with Gasteiger partial charge in [-0.1, -0.05) is 6.07 Å². The van der Waals surface area contributed by atoms with Crippen LogP contribution in [0.2, 0.25) is 0 Å². The predicted molar refractivity (Wildman–Crippen MR) is 131 cm³/mol. The predicted octanol–water partition coefficient (Wildman–Crippen LogP) is 3.02. The molecule has 0 aromatic heterocycles. The number of alkyl halides is 3. The Hall–Kier alpha value is -2.83. The average molecular weight is 542 g/mol. The van der Waals surface area contributed by atoms with Crippen LogP contribution >= 0.6 is 0 Å². The van der Waals surface area contributed by atoms with Crippen molar-refractivity contribution < 1.29 is 35.9 Å². The summed E-state index contributed by atoms with van der Waals surface area (Å²) in [6.45, 7) is 2.88. The number of sulfonamides is 1. The first-order valence-corrected chi connectivity index (χ1v) is 13.5. The van der Waals surface area contributed by atoms with Crippen molar-refractivity contribution in [2.45, 2.75) is 23.9 Å². The molecule has 2 heterocycles. The molecule has 2 aliphatic rings. The fourth-order valence-corrected chi connectivity index (χ4v) is 6.00. The number of methoxy groups -OCH3 is 1. The number of carbonyl (C=O) groups is 1. The summed E-state index contributed by atoms with van der Waals surface area (Å²) in [5.74, 6) is 0.398. The van der Waals surface area contributed by atoms with Crippen molar-refractivity contribution in [3.8, 4) is 5.75 Å². The number of hydrogen-bond acceptors (Lipinski definition) is 6. The number of morpholine rings is 1. The van der Waals surface area contributed by atoms with Crippen LogP contribution in [-0.2, 0) is 32.2 Å². The maximum atomic E-state index is 13.0. The second-order valence-electron chi connectivity index (χ2n) is 8.91. The Morgan fingerprint density at radius 3 is 2.35 bits per heavy atom. The third-order valence-electron chi connectivity index (χ3n) is 6.64. The summed E-state index contributed by atoms with van der Waals surface area (Å²) in [5, 5.41) is 0. The zero-order chi connectivity index (χ0) is 26.6. The van der Waals surface area contributed by atoms with Gasteiger partial charge in [0.05, 0.1) is 30.8 Å². The molecule has 4 rings (SSSR count). The van der Waals surface area contributed by atoms with Crippen LogP contribution in [0.1, 0.15) is 17.5 Å². The summed E-state index contributed by atoms with van der Waals surface area (Å²) < 4.78 is 77.2. The van der Waals surface area contributed by atoms with Crippen molar-refractivity contribution in [1.29, 1.82) is 0 Å². The molecular weight excluding hydrogens is 511 g/mol. The van der Waals surface area contributed by atoms with Crippen LogP contribution in [-0.4, -0.2) is 83.1 Å². The maximum absolute atomic E-state index is 13.0. The van der Waals surface area contributed by atoms with Gasteiger partial charge in [-0.3, -0.25) is 4.79 Å². The minimum absolute atomic E-state index is 0.104. The Morgan fingerprint density at radius 2 is 1.70 bits per heavy atom. The molecule has 2 aromatic carbocycles. The van der Waals surface area contributed by atoms with E-state index in [1.165, 1.54) is 23.5 Å². The lowest BCUT2D eigenvalue weighted by atomic mass is 10.1. The lowest BCUT2D eigenvalue weighted by molar-refractivity contribution is -0.137. The molecule has 0 radical (unpaired) electrons. The van der Waals surface area contributed by atoms with Gasteiger partial charge < -0.3 is 19.3 Å². The fourth-order valence-electron chi connectivity index (χ4n) is 4.54. The fraction of sp³-hybridized carbons (Fsp3) is 0.480. The van der Waals surface area contributed by atoms with Gasteiger partial charge in [0, 0.05) is 51.4 Å². The minimum Gasteiger partial charge on any atom is -0.496 e. The number of anilines is 1. The van der Waals surface area contributed by atoms with E-state index in [9.17, 15) is 26.4 Å². The first kappa shape index (κ1) is 27.2. The molecule has 0 saturated carbocycles. The maximum Gasteiger partial charge on any atom is 0.416 e. The van der Waals surface area contributed by atoms with E-state index in [2.05, 4.69) is 0 Å². The van der Waals surface area contributed by atoms with E-state index in [1.807, 2.05) is 4.90 Å². The van der Waals surface area contributed by atoms with Gasteiger partial charge in [0.2, 0.25) is 15.9 Å². The van der Waals surface area contributed by atoms with Crippen LogP contribution in [0.5, 0.6) is 5.75 Å². The van der Waals surface area contributed by atoms with Gasteiger partial charge in [0.25, 0.3) is 0 Å². The minimum atomic E-state index is -4.41. The number of ether oxygens (including phenoxy) is 2. The average Bonchev–Trinajstić information content (AvgIpc) is 2.91. The van der Waals surface area contributed by atoms with Crippen molar-refractivity contribution in [3.63, 3.8) is 0 Å². The van der Waals surface area contributed by atoms with Crippen LogP contribution < -0.4 is 9.64 Å². The molecule has 37 heavy (non-hydrogen) atoms. The summed E-state index contributed by atoms with van der Waals surface area (Å²) in [6.07, 6.45) is -3.96. The van der Waals surface area contributed by atoms with E-state index >= 15 is 0 Å². The number of nitrogens with zero attached hydrogens (tertiary/aromatic N) is 3. The van der Waals surface area contributed by atoms with E-state index in [4.69, 9.17) is 9.47 Å². The van der Waals surface area contributed by atoms with E-state index < -0.39 is 21.8 Å². The number of hydrogen-bond donors (Lipinski definition) is 0. The summed E-state index contributed by atoms with van der Waals surface area (Å²) in [5.41, 5.74) is 0.396. The number of rotatable bonds is 7. The Kier molecular flexibility index (Phi) is 8.29. The molecule has 12 heteroatoms. The molecule has 0 aliphatic carbocycles. The zero-order valence-electron chi connectivity index (χ0n) is 20.5. The normalized spacial score (nSPS) is 17.6. The number of carbonyl (C=O) groups excluding carboxylic acids is 1. The largest absolute Gasteiger partial charge is 0.496 e. The molecule has 2 saturated heterocycles. The van der Waals surface area contributed by atoms with Gasteiger partial charge in [-0.2, -0.15) is 17.5 Å². The topological polar surface area (TPSA) is 79.4 Å². The van der Waals surface area contributed by atoms with Crippen molar-refractivity contribution in [1.82, 2.24) is 9.21 Å². The summed E-state index contributed by atoms with van der Waals surface area (Å²) in [6, 6.07) is 9.85. The Morgan fingerprint density at radius 1 is 1.00 bits per heavy atom. The summed E-state index contributed by atoms with van der Waals surface area (Å²) in [4.78, 5) is 16.6. The molecular formula is C25H30F3N3O5S. The second-order valence-corrected chi connectivity index (χ2v) is 10.8. The standard InChI is InChI=1S/C25H30F3N3O5S/c1-35-23-7-6-22(37(33,34)31-13-15-36-16-14-31)17-19(23)5-8-24(32)30-11-9-29(10-12-30)21-4-2-3-20(18-21)25(26,27)28/h2-4,6-7,17-18H,5,8-16H2,1H3.